The van der Waals surface area contributed by atoms with E-state index in [0.717, 1.165) is 33.8 Å². The second-order valence-electron chi connectivity index (χ2n) is 8.64. The molecule has 1 aliphatic rings. The zero-order valence-electron chi connectivity index (χ0n) is 19.1. The van der Waals surface area contributed by atoms with E-state index in [9.17, 15) is 9.59 Å². The molecule has 0 amide bonds. The average Bonchev–Trinajstić information content (AvgIpc) is 3.48. The van der Waals surface area contributed by atoms with Crippen molar-refractivity contribution in [1.29, 1.82) is 0 Å². The van der Waals surface area contributed by atoms with E-state index in [4.69, 9.17) is 16.6 Å². The fourth-order valence-electron chi connectivity index (χ4n) is 4.80. The number of hydrogen-bond acceptors (Lipinski definition) is 3. The van der Waals surface area contributed by atoms with Crippen molar-refractivity contribution in [2.75, 3.05) is 0 Å². The fourth-order valence-corrected chi connectivity index (χ4v) is 5.04. The highest BCUT2D eigenvalue weighted by atomic mass is 35.5. The lowest BCUT2D eigenvalue weighted by Crippen LogP contribution is -2.03. The first kappa shape index (κ1) is 21.3. The van der Waals surface area contributed by atoms with Gasteiger partial charge in [0.15, 0.2) is 17.2 Å². The molecule has 6 rings (SSSR count). The number of ketones is 2. The number of imidazole rings is 1. The van der Waals surface area contributed by atoms with Crippen LogP contribution < -0.4 is 0 Å². The van der Waals surface area contributed by atoms with E-state index in [2.05, 4.69) is 0 Å². The number of hydrogen-bond donors (Lipinski definition) is 0. The van der Waals surface area contributed by atoms with Crippen LogP contribution in [0.3, 0.4) is 0 Å². The Labute approximate surface area is 206 Å². The van der Waals surface area contributed by atoms with Gasteiger partial charge in [-0.2, -0.15) is 0 Å². The summed E-state index contributed by atoms with van der Waals surface area (Å²) >= 11 is 6.32. The van der Waals surface area contributed by atoms with Gasteiger partial charge in [0.25, 0.3) is 0 Å². The van der Waals surface area contributed by atoms with Crippen LogP contribution in [0, 0.1) is 6.92 Å². The number of aromatic nitrogens is 3. The van der Waals surface area contributed by atoms with E-state index in [1.54, 1.807) is 18.2 Å². The molecule has 0 bridgehead atoms. The number of carbonyl (C=O) groups excluding carboxylic acids is 2. The molecule has 0 fully saturated rings. The predicted octanol–water partition coefficient (Wildman–Crippen LogP) is 6.46. The van der Waals surface area contributed by atoms with Gasteiger partial charge in [-0.1, -0.05) is 66.2 Å². The van der Waals surface area contributed by atoms with Crippen LogP contribution in [0.15, 0.2) is 84.4 Å². The monoisotopic (exact) mass is 477 g/mol. The standard InChI is InChI=1S/C29H20ClN3O2/c1-17-13-14-22(30)25-24(17)26(34)21(27(25)35)15-20-16-23-29(33(20)19-11-7-4-8-12-19)31-28(32(23)2)18-9-5-3-6-10-18/h3-16H,1-2H3/b21-15+. The van der Waals surface area contributed by atoms with Crippen LogP contribution in [0.4, 0.5) is 0 Å². The highest BCUT2D eigenvalue weighted by Gasteiger charge is 2.36. The summed E-state index contributed by atoms with van der Waals surface area (Å²) in [5, 5.41) is 0.296. The summed E-state index contributed by atoms with van der Waals surface area (Å²) in [6.45, 7) is 1.82. The number of para-hydroxylation sites is 1. The number of rotatable bonds is 3. The van der Waals surface area contributed by atoms with E-state index >= 15 is 0 Å². The summed E-state index contributed by atoms with van der Waals surface area (Å²) in [4.78, 5) is 31.6. The maximum atomic E-state index is 13.3. The Bertz CT molecular complexity index is 1650. The highest BCUT2D eigenvalue weighted by Crippen LogP contribution is 2.36. The summed E-state index contributed by atoms with van der Waals surface area (Å²) in [7, 11) is 1.97. The van der Waals surface area contributed by atoms with Gasteiger partial charge in [-0.15, -0.1) is 0 Å². The Morgan fingerprint density at radius 3 is 2.20 bits per heavy atom. The minimum absolute atomic E-state index is 0.111. The lowest BCUT2D eigenvalue weighted by atomic mass is 10.0. The molecule has 0 saturated heterocycles. The molecule has 2 aromatic heterocycles. The van der Waals surface area contributed by atoms with Crippen LogP contribution in [0.25, 0.3) is 34.3 Å². The third-order valence-corrected chi connectivity index (χ3v) is 6.83. The van der Waals surface area contributed by atoms with Crippen molar-refractivity contribution in [1.82, 2.24) is 14.1 Å². The minimum Gasteiger partial charge on any atom is -0.326 e. The number of aryl methyl sites for hydroxylation is 2. The molecule has 2 heterocycles. The molecule has 5 nitrogen and oxygen atoms in total. The summed E-state index contributed by atoms with van der Waals surface area (Å²) in [6.07, 6.45) is 1.66. The Kier molecular flexibility index (Phi) is 4.83. The number of benzene rings is 3. The van der Waals surface area contributed by atoms with E-state index < -0.39 is 0 Å². The lowest BCUT2D eigenvalue weighted by Gasteiger charge is -2.08. The third kappa shape index (κ3) is 3.20. The van der Waals surface area contributed by atoms with Gasteiger partial charge in [-0.25, -0.2) is 4.98 Å². The fraction of sp³-hybridized carbons (Fsp3) is 0.0690. The van der Waals surface area contributed by atoms with Crippen LogP contribution in [-0.2, 0) is 7.05 Å². The van der Waals surface area contributed by atoms with Crippen molar-refractivity contribution in [2.24, 2.45) is 7.05 Å². The maximum absolute atomic E-state index is 13.3. The van der Waals surface area contributed by atoms with Gasteiger partial charge in [0.1, 0.15) is 5.82 Å². The Morgan fingerprint density at radius 1 is 0.857 bits per heavy atom. The van der Waals surface area contributed by atoms with Crippen LogP contribution >= 0.6 is 11.6 Å². The predicted molar refractivity (Wildman–Crippen MR) is 138 cm³/mol. The van der Waals surface area contributed by atoms with Crippen LogP contribution in [-0.4, -0.2) is 25.7 Å². The summed E-state index contributed by atoms with van der Waals surface area (Å²) in [5.41, 5.74) is 5.75. The molecule has 0 radical (unpaired) electrons. The number of Topliss-reactive ketones (excluding diaryl/α,β-unsaturated/α-hetero) is 2. The minimum atomic E-state index is -0.346. The van der Waals surface area contributed by atoms with E-state index in [1.807, 2.05) is 89.8 Å². The van der Waals surface area contributed by atoms with Crippen molar-refractivity contribution < 1.29 is 9.59 Å². The molecule has 0 unspecified atom stereocenters. The first-order valence-electron chi connectivity index (χ1n) is 11.2. The number of nitrogens with zero attached hydrogens (tertiary/aromatic N) is 3. The van der Waals surface area contributed by atoms with Gasteiger partial charge < -0.3 is 4.57 Å². The third-order valence-electron chi connectivity index (χ3n) is 6.52. The van der Waals surface area contributed by atoms with Crippen molar-refractivity contribution in [2.45, 2.75) is 6.92 Å². The van der Waals surface area contributed by atoms with Gasteiger partial charge >= 0.3 is 0 Å². The summed E-state index contributed by atoms with van der Waals surface area (Å²) in [6, 6.07) is 25.2. The molecule has 35 heavy (non-hydrogen) atoms. The molecule has 3 aromatic carbocycles. The normalized spacial score (nSPS) is 14.3. The van der Waals surface area contributed by atoms with Crippen molar-refractivity contribution in [3.05, 3.63) is 112 Å². The number of halogens is 1. The van der Waals surface area contributed by atoms with Gasteiger partial charge in [0, 0.05) is 23.9 Å². The van der Waals surface area contributed by atoms with Crippen molar-refractivity contribution in [3.63, 3.8) is 0 Å². The smallest absolute Gasteiger partial charge is 0.199 e. The first-order chi connectivity index (χ1) is 17.0. The van der Waals surface area contributed by atoms with Crippen LogP contribution in [0.5, 0.6) is 0 Å². The summed E-state index contributed by atoms with van der Waals surface area (Å²) < 4.78 is 4.01. The first-order valence-corrected chi connectivity index (χ1v) is 11.6. The molecule has 0 N–H and O–H groups in total. The lowest BCUT2D eigenvalue weighted by molar-refractivity contribution is 0.0990. The molecular weight excluding hydrogens is 458 g/mol. The summed E-state index contributed by atoms with van der Waals surface area (Å²) in [5.74, 6) is 0.191. The quantitative estimate of drug-likeness (QED) is 0.221. The molecule has 0 aliphatic heterocycles. The largest absolute Gasteiger partial charge is 0.326 e. The van der Waals surface area contributed by atoms with Crippen LogP contribution in [0.1, 0.15) is 32.0 Å². The number of fused-ring (bicyclic) bond motifs is 2. The second-order valence-corrected chi connectivity index (χ2v) is 9.05. The zero-order chi connectivity index (χ0) is 24.3. The SMILES string of the molecule is Cc1ccc(Cl)c2c1C(=O)/C(=C\c1cc3c(nc(-c4ccccc4)n3C)n1-c1ccccc1)C2=O. The van der Waals surface area contributed by atoms with Crippen LogP contribution in [0.2, 0.25) is 5.02 Å². The molecule has 170 valence electrons. The average molecular weight is 478 g/mol. The van der Waals surface area contributed by atoms with Gasteiger partial charge in [-0.3, -0.25) is 14.2 Å². The van der Waals surface area contributed by atoms with E-state index in [1.165, 1.54) is 0 Å². The number of carbonyl (C=O) groups is 2. The molecule has 0 atom stereocenters. The van der Waals surface area contributed by atoms with Gasteiger partial charge in [0.05, 0.1) is 27.4 Å². The molecule has 5 aromatic rings. The Hall–Kier alpha value is -4.22. The Balaban J connectivity index is 1.59. The maximum Gasteiger partial charge on any atom is 0.199 e. The topological polar surface area (TPSA) is 56.9 Å². The molecular formula is C29H20ClN3O2. The van der Waals surface area contributed by atoms with Crippen molar-refractivity contribution in [3.8, 4) is 17.1 Å². The van der Waals surface area contributed by atoms with E-state index in [-0.39, 0.29) is 22.7 Å². The molecule has 0 saturated carbocycles. The molecule has 0 spiro atoms. The molecule has 6 heteroatoms. The highest BCUT2D eigenvalue weighted by molar-refractivity contribution is 6.46. The van der Waals surface area contributed by atoms with Gasteiger partial charge in [0.2, 0.25) is 0 Å². The number of allylic oxidation sites excluding steroid dienone is 1. The van der Waals surface area contributed by atoms with Crippen molar-refractivity contribution >= 4 is 40.4 Å². The zero-order valence-corrected chi connectivity index (χ0v) is 19.9. The Morgan fingerprint density at radius 2 is 1.51 bits per heavy atom. The molecule has 1 aliphatic carbocycles. The second kappa shape index (κ2) is 7.93. The van der Waals surface area contributed by atoms with E-state index in [0.29, 0.717) is 16.3 Å². The van der Waals surface area contributed by atoms with Gasteiger partial charge in [-0.05, 0) is 42.8 Å².